The maximum Gasteiger partial charge on any atom is 0.196 e. The third kappa shape index (κ3) is 2.84. The molecule has 128 valence electrons. The highest BCUT2D eigenvalue weighted by Gasteiger charge is 2.34. The average molecular weight is 362 g/mol. The first-order valence-corrected chi connectivity index (χ1v) is 10.6. The van der Waals surface area contributed by atoms with Crippen molar-refractivity contribution in [1.82, 2.24) is 14.8 Å². The molecule has 0 spiro atoms. The highest BCUT2D eigenvalue weighted by atomic mass is 32.2. The molecule has 1 saturated carbocycles. The predicted molar refractivity (Wildman–Crippen MR) is 98.7 cm³/mol. The second kappa shape index (κ2) is 6.30. The van der Waals surface area contributed by atoms with E-state index >= 15 is 0 Å². The minimum absolute atomic E-state index is 0.177. The summed E-state index contributed by atoms with van der Waals surface area (Å²) in [6.07, 6.45) is 6.35. The van der Waals surface area contributed by atoms with Gasteiger partial charge in [-0.1, -0.05) is 25.6 Å². The molecule has 1 fully saturated rings. The molecule has 0 radical (unpaired) electrons. The summed E-state index contributed by atoms with van der Waals surface area (Å²) in [5.74, 6) is 2.75. The van der Waals surface area contributed by atoms with Gasteiger partial charge in [0.1, 0.15) is 16.6 Å². The fourth-order valence-electron chi connectivity index (χ4n) is 3.44. The van der Waals surface area contributed by atoms with Crippen molar-refractivity contribution in [1.29, 1.82) is 0 Å². The normalized spacial score (nSPS) is 16.8. The fraction of sp³-hybridized carbons (Fsp3) is 0.611. The van der Waals surface area contributed by atoms with Gasteiger partial charge in [0, 0.05) is 10.8 Å². The molecule has 4 nitrogen and oxygen atoms in total. The van der Waals surface area contributed by atoms with Gasteiger partial charge in [0.2, 0.25) is 0 Å². The molecule has 0 bridgehead atoms. The second-order valence-corrected chi connectivity index (χ2v) is 9.15. The zero-order chi connectivity index (χ0) is 16.8. The average Bonchev–Trinajstić information content (AvgIpc) is 2.97. The van der Waals surface area contributed by atoms with E-state index in [0.717, 1.165) is 16.9 Å². The molecule has 2 aliphatic carbocycles. The van der Waals surface area contributed by atoms with Crippen LogP contribution in [0.5, 0.6) is 0 Å². The number of Topliss-reactive ketones (excluding diaryl/α,β-unsaturated/α-hetero) is 1. The van der Waals surface area contributed by atoms with Gasteiger partial charge >= 0.3 is 0 Å². The number of thioether (sulfide) groups is 1. The van der Waals surface area contributed by atoms with Gasteiger partial charge in [-0.2, -0.15) is 0 Å². The Balaban J connectivity index is 1.82. The molecule has 24 heavy (non-hydrogen) atoms. The Morgan fingerprint density at radius 1 is 1.29 bits per heavy atom. The van der Waals surface area contributed by atoms with E-state index in [0.29, 0.717) is 11.7 Å². The summed E-state index contributed by atoms with van der Waals surface area (Å²) in [7, 11) is 0. The molecular formula is C18H23N3OS2. The molecule has 0 unspecified atom stereocenters. The number of carbonyl (C=O) groups is 1. The lowest BCUT2D eigenvalue weighted by atomic mass is 10.1. The Labute approximate surface area is 151 Å². The number of ketones is 1. The van der Waals surface area contributed by atoms with E-state index in [1.54, 1.807) is 17.4 Å². The molecule has 2 aromatic rings. The van der Waals surface area contributed by atoms with Gasteiger partial charge in [-0.3, -0.25) is 9.36 Å². The molecule has 0 aliphatic heterocycles. The second-order valence-electron chi connectivity index (χ2n) is 7.18. The van der Waals surface area contributed by atoms with Crippen LogP contribution in [0.4, 0.5) is 0 Å². The molecule has 2 heterocycles. The Hall–Kier alpha value is -1.14. The first kappa shape index (κ1) is 16.3. The maximum atomic E-state index is 11.4. The van der Waals surface area contributed by atoms with Crippen LogP contribution in [0.3, 0.4) is 0 Å². The quantitative estimate of drug-likeness (QED) is 0.711. The number of hydrogen-bond donors (Lipinski definition) is 0. The minimum Gasteiger partial charge on any atom is -0.299 e. The number of fused-ring (bicyclic) bond motifs is 1. The van der Waals surface area contributed by atoms with E-state index in [-0.39, 0.29) is 5.78 Å². The number of carbonyl (C=O) groups excluding carboxylic acids is 1. The van der Waals surface area contributed by atoms with Crippen LogP contribution in [-0.4, -0.2) is 26.3 Å². The number of rotatable bonds is 6. The summed E-state index contributed by atoms with van der Waals surface area (Å²) in [5.41, 5.74) is 3.14. The summed E-state index contributed by atoms with van der Waals surface area (Å²) in [6.45, 7) is 5.95. The molecule has 0 aromatic carbocycles. The predicted octanol–water partition coefficient (Wildman–Crippen LogP) is 4.50. The van der Waals surface area contributed by atoms with Crippen molar-refractivity contribution in [3.05, 3.63) is 21.8 Å². The van der Waals surface area contributed by atoms with Gasteiger partial charge in [0.15, 0.2) is 5.16 Å². The van der Waals surface area contributed by atoms with Crippen LogP contribution in [0.25, 0.3) is 5.00 Å². The van der Waals surface area contributed by atoms with E-state index in [4.69, 9.17) is 0 Å². The van der Waals surface area contributed by atoms with Gasteiger partial charge in [-0.25, -0.2) is 0 Å². The molecule has 0 atom stereocenters. The van der Waals surface area contributed by atoms with E-state index in [9.17, 15) is 4.79 Å². The van der Waals surface area contributed by atoms with Crippen molar-refractivity contribution < 1.29 is 4.79 Å². The van der Waals surface area contributed by atoms with Crippen LogP contribution in [0, 0.1) is 0 Å². The highest BCUT2D eigenvalue weighted by molar-refractivity contribution is 7.99. The number of hydrogen-bond acceptors (Lipinski definition) is 5. The maximum absolute atomic E-state index is 11.4. The van der Waals surface area contributed by atoms with Crippen LogP contribution >= 0.6 is 23.1 Å². The SMILES string of the molecule is CC(=O)CSc1nnc(C(C)C)n1-c1sc(C2CC2)c2c1CCC2. The van der Waals surface area contributed by atoms with E-state index in [2.05, 4.69) is 28.6 Å². The summed E-state index contributed by atoms with van der Waals surface area (Å²) in [6, 6.07) is 0. The number of aromatic nitrogens is 3. The standard InChI is InChI=1S/C18H23N3OS2/c1-10(2)16-19-20-18(23-9-11(3)22)21(16)17-14-6-4-5-13(14)15(24-17)12-7-8-12/h10,12H,4-9H2,1-3H3. The van der Waals surface area contributed by atoms with Crippen molar-refractivity contribution in [2.45, 2.75) is 69.9 Å². The van der Waals surface area contributed by atoms with E-state index in [1.165, 1.54) is 54.4 Å². The van der Waals surface area contributed by atoms with Crippen molar-refractivity contribution in [2.75, 3.05) is 5.75 Å². The van der Waals surface area contributed by atoms with Crippen LogP contribution in [-0.2, 0) is 17.6 Å². The summed E-state index contributed by atoms with van der Waals surface area (Å²) in [4.78, 5) is 13.0. The lowest BCUT2D eigenvalue weighted by molar-refractivity contribution is -0.114. The van der Waals surface area contributed by atoms with Crippen molar-refractivity contribution in [3.63, 3.8) is 0 Å². The lowest BCUT2D eigenvalue weighted by Crippen LogP contribution is -2.05. The molecule has 6 heteroatoms. The summed E-state index contributed by atoms with van der Waals surface area (Å²) in [5, 5.41) is 11.1. The van der Waals surface area contributed by atoms with Gasteiger partial charge in [0.05, 0.1) is 5.75 Å². The third-order valence-electron chi connectivity index (χ3n) is 4.71. The van der Waals surface area contributed by atoms with Gasteiger partial charge in [0.25, 0.3) is 0 Å². The van der Waals surface area contributed by atoms with Gasteiger partial charge in [-0.05, 0) is 56.1 Å². The van der Waals surface area contributed by atoms with Gasteiger partial charge in [-0.15, -0.1) is 21.5 Å². The Bertz CT molecular complexity index is 787. The largest absolute Gasteiger partial charge is 0.299 e. The van der Waals surface area contributed by atoms with Crippen LogP contribution in [0.1, 0.15) is 73.7 Å². The summed E-state index contributed by atoms with van der Waals surface area (Å²) < 4.78 is 2.25. The minimum atomic E-state index is 0.177. The van der Waals surface area contributed by atoms with Crippen molar-refractivity contribution in [2.24, 2.45) is 0 Å². The molecular weight excluding hydrogens is 338 g/mol. The Kier molecular flexibility index (Phi) is 4.29. The smallest absolute Gasteiger partial charge is 0.196 e. The first-order valence-electron chi connectivity index (χ1n) is 8.78. The zero-order valence-corrected chi connectivity index (χ0v) is 16.1. The fourth-order valence-corrected chi connectivity index (χ4v) is 5.82. The first-order chi connectivity index (χ1) is 11.6. The van der Waals surface area contributed by atoms with Crippen LogP contribution in [0.15, 0.2) is 5.16 Å². The number of nitrogens with zero attached hydrogens (tertiary/aromatic N) is 3. The van der Waals surface area contributed by atoms with E-state index < -0.39 is 0 Å². The Morgan fingerprint density at radius 3 is 2.71 bits per heavy atom. The van der Waals surface area contributed by atoms with Crippen molar-refractivity contribution in [3.8, 4) is 5.00 Å². The van der Waals surface area contributed by atoms with Crippen molar-refractivity contribution >= 4 is 28.9 Å². The molecule has 2 aliphatic rings. The number of thiophene rings is 1. The van der Waals surface area contributed by atoms with Crippen LogP contribution < -0.4 is 0 Å². The lowest BCUT2D eigenvalue weighted by Gasteiger charge is -2.11. The molecule has 4 rings (SSSR count). The van der Waals surface area contributed by atoms with Gasteiger partial charge < -0.3 is 0 Å². The molecule has 0 amide bonds. The molecule has 2 aromatic heterocycles. The summed E-state index contributed by atoms with van der Waals surface area (Å²) >= 11 is 3.47. The van der Waals surface area contributed by atoms with E-state index in [1.807, 2.05) is 11.3 Å². The van der Waals surface area contributed by atoms with Crippen LogP contribution in [0.2, 0.25) is 0 Å². The monoisotopic (exact) mass is 361 g/mol. The molecule has 0 N–H and O–H groups in total. The Morgan fingerprint density at radius 2 is 2.04 bits per heavy atom. The zero-order valence-electron chi connectivity index (χ0n) is 14.5. The molecule has 0 saturated heterocycles. The topological polar surface area (TPSA) is 47.8 Å². The third-order valence-corrected chi connectivity index (χ3v) is 7.21. The highest BCUT2D eigenvalue weighted by Crippen LogP contribution is 2.50.